The van der Waals surface area contributed by atoms with E-state index in [9.17, 15) is 0 Å². The molecule has 7 rings (SSSR count). The molecule has 0 aliphatic rings. The minimum absolute atomic E-state index is 0.111. The lowest BCUT2D eigenvalue weighted by molar-refractivity contribution is 0.590. The van der Waals surface area contributed by atoms with E-state index in [1.807, 2.05) is 0 Å². The van der Waals surface area contributed by atoms with Gasteiger partial charge >= 0.3 is 0 Å². The summed E-state index contributed by atoms with van der Waals surface area (Å²) in [7, 11) is 0. The quantitative estimate of drug-likeness (QED) is 0.142. The molecule has 0 unspecified atom stereocenters. The Morgan fingerprint density at radius 1 is 0.373 bits per heavy atom. The molecule has 0 aliphatic carbocycles. The Bertz CT molecular complexity index is 2150. The average Bonchev–Trinajstić information content (AvgIpc) is 3.17. The fraction of sp³-hybridized carbons (Fsp3) is 0.102. The topological polar surface area (TPSA) is 6.48 Å². The van der Waals surface area contributed by atoms with Crippen LogP contribution in [0.1, 0.15) is 43.0 Å². The Labute approximate surface area is 303 Å². The minimum atomic E-state index is 0.111. The van der Waals surface area contributed by atoms with E-state index in [-0.39, 0.29) is 5.41 Å². The van der Waals surface area contributed by atoms with Gasteiger partial charge in [0.15, 0.2) is 0 Å². The first-order chi connectivity index (χ1) is 24.8. The molecule has 0 fully saturated rings. The Balaban J connectivity index is 1.07. The molecule has 0 aromatic heterocycles. The molecule has 0 saturated carbocycles. The normalized spacial score (nSPS) is 11.5. The molecule has 51 heavy (non-hydrogen) atoms. The van der Waals surface area contributed by atoms with E-state index in [1.54, 1.807) is 0 Å². The van der Waals surface area contributed by atoms with Gasteiger partial charge < -0.3 is 9.80 Å². The smallest absolute Gasteiger partial charge is 0.0490 e. The SMILES string of the molecule is Cc1ccccc1N(c1ccc(/C=C/c2ccc(-c3ccc(N(c4ccccc4)c4ccccc4)cc3)cc2)cc1)c1ccc(C(C)(C)C)cc1. The summed E-state index contributed by atoms with van der Waals surface area (Å²) in [5.41, 5.74) is 14.3. The fourth-order valence-corrected chi connectivity index (χ4v) is 6.47. The van der Waals surface area contributed by atoms with Gasteiger partial charge in [0.25, 0.3) is 0 Å². The third-order valence-corrected chi connectivity index (χ3v) is 9.37. The molecular weight excluding hydrogens is 617 g/mol. The largest absolute Gasteiger partial charge is 0.311 e. The summed E-state index contributed by atoms with van der Waals surface area (Å²) < 4.78 is 0. The van der Waals surface area contributed by atoms with Crippen molar-refractivity contribution in [1.82, 2.24) is 0 Å². The summed E-state index contributed by atoms with van der Waals surface area (Å²) in [5.74, 6) is 0. The molecule has 0 aliphatic heterocycles. The molecule has 0 N–H and O–H groups in total. The molecule has 2 heteroatoms. The van der Waals surface area contributed by atoms with E-state index in [4.69, 9.17) is 0 Å². The van der Waals surface area contributed by atoms with Crippen molar-refractivity contribution in [2.45, 2.75) is 33.1 Å². The molecular formula is C49H44N2. The molecule has 0 radical (unpaired) electrons. The van der Waals surface area contributed by atoms with Crippen LogP contribution < -0.4 is 9.80 Å². The number of nitrogens with zero attached hydrogens (tertiary/aromatic N) is 2. The van der Waals surface area contributed by atoms with Gasteiger partial charge in [-0.05, 0) is 112 Å². The summed E-state index contributed by atoms with van der Waals surface area (Å²) >= 11 is 0. The van der Waals surface area contributed by atoms with Crippen molar-refractivity contribution < 1.29 is 0 Å². The second kappa shape index (κ2) is 14.8. The maximum Gasteiger partial charge on any atom is 0.0490 e. The van der Waals surface area contributed by atoms with Gasteiger partial charge in [0.2, 0.25) is 0 Å². The molecule has 0 saturated heterocycles. The van der Waals surface area contributed by atoms with Crippen LogP contribution in [0.2, 0.25) is 0 Å². The van der Waals surface area contributed by atoms with E-state index < -0.39 is 0 Å². The lowest BCUT2D eigenvalue weighted by Crippen LogP contribution is -2.13. The third kappa shape index (κ3) is 7.71. The highest BCUT2D eigenvalue weighted by atomic mass is 15.1. The van der Waals surface area contributed by atoms with Crippen LogP contribution in [0, 0.1) is 6.92 Å². The van der Waals surface area contributed by atoms with Gasteiger partial charge in [0.1, 0.15) is 0 Å². The van der Waals surface area contributed by atoms with Crippen molar-refractivity contribution in [3.05, 3.63) is 204 Å². The summed E-state index contributed by atoms with van der Waals surface area (Å²) in [6.07, 6.45) is 4.37. The van der Waals surface area contributed by atoms with Crippen LogP contribution in [0.25, 0.3) is 23.3 Å². The number of benzene rings is 7. The molecule has 0 bridgehead atoms. The maximum absolute atomic E-state index is 2.35. The van der Waals surface area contributed by atoms with Gasteiger partial charge in [0, 0.05) is 34.1 Å². The zero-order valence-corrected chi connectivity index (χ0v) is 29.9. The number of hydrogen-bond acceptors (Lipinski definition) is 2. The van der Waals surface area contributed by atoms with Gasteiger partial charge in [0.05, 0.1) is 0 Å². The lowest BCUT2D eigenvalue weighted by atomic mass is 9.87. The lowest BCUT2D eigenvalue weighted by Gasteiger charge is -2.28. The maximum atomic E-state index is 2.35. The Morgan fingerprint density at radius 2 is 0.745 bits per heavy atom. The predicted molar refractivity (Wildman–Crippen MR) is 220 cm³/mol. The van der Waals surface area contributed by atoms with Gasteiger partial charge in [-0.25, -0.2) is 0 Å². The van der Waals surface area contributed by atoms with Crippen LogP contribution in [0.5, 0.6) is 0 Å². The van der Waals surface area contributed by atoms with Crippen LogP contribution >= 0.6 is 0 Å². The Morgan fingerprint density at radius 3 is 1.24 bits per heavy atom. The Hall–Kier alpha value is -6.12. The van der Waals surface area contributed by atoms with E-state index in [2.05, 4.69) is 232 Å². The first-order valence-corrected chi connectivity index (χ1v) is 17.7. The summed E-state index contributed by atoms with van der Waals surface area (Å²) in [6.45, 7) is 8.95. The van der Waals surface area contributed by atoms with Crippen LogP contribution in [-0.2, 0) is 5.41 Å². The molecule has 0 heterocycles. The van der Waals surface area contributed by atoms with Crippen molar-refractivity contribution >= 4 is 46.3 Å². The minimum Gasteiger partial charge on any atom is -0.311 e. The van der Waals surface area contributed by atoms with E-state index >= 15 is 0 Å². The van der Waals surface area contributed by atoms with Crippen molar-refractivity contribution in [3.8, 4) is 11.1 Å². The van der Waals surface area contributed by atoms with Crippen LogP contribution in [-0.4, -0.2) is 0 Å². The Kier molecular flexibility index (Phi) is 9.67. The first-order valence-electron chi connectivity index (χ1n) is 17.7. The zero-order valence-electron chi connectivity index (χ0n) is 29.9. The van der Waals surface area contributed by atoms with E-state index in [0.717, 1.165) is 34.0 Å². The first kappa shape index (κ1) is 33.4. The monoisotopic (exact) mass is 660 g/mol. The molecule has 0 spiro atoms. The summed E-state index contributed by atoms with van der Waals surface area (Å²) in [5, 5.41) is 0. The average molecular weight is 661 g/mol. The highest BCUT2D eigenvalue weighted by Crippen LogP contribution is 2.38. The highest BCUT2D eigenvalue weighted by Gasteiger charge is 2.17. The molecule has 0 atom stereocenters. The molecule has 2 nitrogen and oxygen atoms in total. The van der Waals surface area contributed by atoms with Gasteiger partial charge in [-0.3, -0.25) is 0 Å². The second-order valence-electron chi connectivity index (χ2n) is 14.0. The van der Waals surface area contributed by atoms with E-state index in [1.165, 1.54) is 33.5 Å². The summed E-state index contributed by atoms with van der Waals surface area (Å²) in [6, 6.07) is 65.0. The summed E-state index contributed by atoms with van der Waals surface area (Å²) in [4.78, 5) is 4.63. The highest BCUT2D eigenvalue weighted by molar-refractivity contribution is 5.81. The zero-order chi connectivity index (χ0) is 35.2. The van der Waals surface area contributed by atoms with Gasteiger partial charge in [-0.2, -0.15) is 0 Å². The number of rotatable bonds is 9. The molecule has 7 aromatic carbocycles. The standard InChI is InChI=1S/C49H44N2/c1-37-13-11-12-18-48(37)51(47-35-29-42(30-36-47)49(2,3)4)46-31-23-39(24-32-46)20-19-38-21-25-40(26-22-38)41-27-33-45(34-28-41)50(43-14-7-5-8-15-43)44-16-9-6-10-17-44/h5-36H,1-4H3/b20-19+. The van der Waals surface area contributed by atoms with Crippen molar-refractivity contribution in [2.75, 3.05) is 9.80 Å². The second-order valence-corrected chi connectivity index (χ2v) is 14.0. The van der Waals surface area contributed by atoms with Crippen molar-refractivity contribution in [2.24, 2.45) is 0 Å². The van der Waals surface area contributed by atoms with Crippen LogP contribution in [0.15, 0.2) is 182 Å². The van der Waals surface area contributed by atoms with Crippen molar-refractivity contribution in [1.29, 1.82) is 0 Å². The number of para-hydroxylation sites is 3. The predicted octanol–water partition coefficient (Wildman–Crippen LogP) is 14.1. The molecule has 7 aromatic rings. The number of anilines is 6. The van der Waals surface area contributed by atoms with Crippen LogP contribution in [0.4, 0.5) is 34.1 Å². The van der Waals surface area contributed by atoms with Gasteiger partial charge in [-0.1, -0.05) is 148 Å². The number of aryl methyl sites for hydroxylation is 1. The van der Waals surface area contributed by atoms with Crippen LogP contribution in [0.3, 0.4) is 0 Å². The van der Waals surface area contributed by atoms with Crippen molar-refractivity contribution in [3.63, 3.8) is 0 Å². The van der Waals surface area contributed by atoms with Gasteiger partial charge in [-0.15, -0.1) is 0 Å². The third-order valence-electron chi connectivity index (χ3n) is 9.37. The van der Waals surface area contributed by atoms with E-state index in [0.29, 0.717) is 0 Å². The molecule has 0 amide bonds. The molecule has 250 valence electrons. The number of hydrogen-bond donors (Lipinski definition) is 0. The fourth-order valence-electron chi connectivity index (χ4n) is 6.47.